The van der Waals surface area contributed by atoms with Crippen LogP contribution in [-0.2, 0) is 6.54 Å². The zero-order valence-electron chi connectivity index (χ0n) is 12.5. The van der Waals surface area contributed by atoms with Crippen molar-refractivity contribution in [1.29, 1.82) is 0 Å². The molecule has 21 heavy (non-hydrogen) atoms. The van der Waals surface area contributed by atoms with Gasteiger partial charge in [-0.25, -0.2) is 4.98 Å². The van der Waals surface area contributed by atoms with Crippen LogP contribution >= 0.6 is 11.8 Å². The van der Waals surface area contributed by atoms with E-state index in [2.05, 4.69) is 20.8 Å². The minimum atomic E-state index is 0.338. The number of rotatable bonds is 4. The normalized spacial score (nSPS) is 17.8. The van der Waals surface area contributed by atoms with E-state index in [1.54, 1.807) is 6.20 Å². The Bertz CT molecular complexity index is 602. The third kappa shape index (κ3) is 2.93. The predicted molar refractivity (Wildman–Crippen MR) is 89.2 cm³/mol. The maximum absolute atomic E-state index is 6.09. The summed E-state index contributed by atoms with van der Waals surface area (Å²) in [4.78, 5) is 8.54. The topological polar surface area (TPSA) is 56.7 Å². The van der Waals surface area contributed by atoms with Crippen molar-refractivity contribution >= 4 is 17.4 Å². The van der Waals surface area contributed by atoms with E-state index in [-0.39, 0.29) is 0 Å². The quantitative estimate of drug-likeness (QED) is 0.937. The summed E-state index contributed by atoms with van der Waals surface area (Å²) >= 11 is 2.00. The minimum absolute atomic E-state index is 0.338. The molecule has 1 aliphatic carbocycles. The number of aromatic nitrogens is 3. The molecule has 1 fully saturated rings. The van der Waals surface area contributed by atoms with Crippen LogP contribution in [0.3, 0.4) is 0 Å². The van der Waals surface area contributed by atoms with Gasteiger partial charge in [-0.1, -0.05) is 19.3 Å². The molecule has 4 nitrogen and oxygen atoms in total. The summed E-state index contributed by atoms with van der Waals surface area (Å²) in [6, 6.07) is 1.84. The lowest BCUT2D eigenvalue weighted by molar-refractivity contribution is 0.359. The Morgan fingerprint density at radius 3 is 2.76 bits per heavy atom. The summed E-state index contributed by atoms with van der Waals surface area (Å²) in [6.07, 6.45) is 16.2. The molecule has 0 radical (unpaired) electrons. The van der Waals surface area contributed by atoms with Crippen LogP contribution in [0.5, 0.6) is 0 Å². The van der Waals surface area contributed by atoms with E-state index < -0.39 is 0 Å². The van der Waals surface area contributed by atoms with Gasteiger partial charge in [0.2, 0.25) is 0 Å². The first-order valence-electron chi connectivity index (χ1n) is 7.49. The average Bonchev–Trinajstić information content (AvgIpc) is 2.96. The number of thioether (sulfide) groups is 1. The van der Waals surface area contributed by atoms with E-state index in [1.807, 2.05) is 36.5 Å². The highest BCUT2D eigenvalue weighted by molar-refractivity contribution is 8.00. The van der Waals surface area contributed by atoms with Crippen LogP contribution in [0.15, 0.2) is 31.0 Å². The Morgan fingerprint density at radius 2 is 2.05 bits per heavy atom. The van der Waals surface area contributed by atoms with Gasteiger partial charge >= 0.3 is 0 Å². The lowest BCUT2D eigenvalue weighted by atomic mass is 9.88. The molecule has 1 aliphatic rings. The summed E-state index contributed by atoms with van der Waals surface area (Å²) in [5.74, 6) is 0. The molecule has 0 amide bonds. The lowest BCUT2D eigenvalue weighted by Crippen LogP contribution is -2.33. The second kappa shape index (κ2) is 6.10. The molecular formula is C16H22N4S. The van der Waals surface area contributed by atoms with Crippen molar-refractivity contribution in [2.24, 2.45) is 0 Å². The summed E-state index contributed by atoms with van der Waals surface area (Å²) in [5.41, 5.74) is 8.89. The van der Waals surface area contributed by atoms with Gasteiger partial charge in [0.1, 0.15) is 0 Å². The Balaban J connectivity index is 1.91. The molecule has 2 heterocycles. The summed E-state index contributed by atoms with van der Waals surface area (Å²) in [5, 5.41) is 0. The number of imidazole rings is 1. The second-order valence-corrected chi connectivity index (χ2v) is 7.09. The van der Waals surface area contributed by atoms with Crippen molar-refractivity contribution in [2.75, 3.05) is 12.0 Å². The minimum Gasteiger partial charge on any atom is -0.398 e. The van der Waals surface area contributed by atoms with Gasteiger partial charge in [0.15, 0.2) is 0 Å². The van der Waals surface area contributed by atoms with Crippen LogP contribution in [0.25, 0.3) is 11.3 Å². The highest BCUT2D eigenvalue weighted by Crippen LogP contribution is 2.40. The second-order valence-electron chi connectivity index (χ2n) is 5.82. The molecule has 0 aromatic carbocycles. The van der Waals surface area contributed by atoms with Crippen molar-refractivity contribution in [2.45, 2.75) is 43.4 Å². The summed E-state index contributed by atoms with van der Waals surface area (Å²) in [6.45, 7) is 0.998. The van der Waals surface area contributed by atoms with E-state index in [4.69, 9.17) is 5.73 Å². The van der Waals surface area contributed by atoms with Crippen molar-refractivity contribution in [3.05, 3.63) is 31.0 Å². The molecule has 3 rings (SSSR count). The molecule has 0 bridgehead atoms. The molecule has 0 aliphatic heterocycles. The highest BCUT2D eigenvalue weighted by Gasteiger charge is 2.32. The fourth-order valence-corrected chi connectivity index (χ4v) is 4.19. The van der Waals surface area contributed by atoms with Crippen molar-refractivity contribution in [3.8, 4) is 11.3 Å². The van der Waals surface area contributed by atoms with Crippen LogP contribution in [0.2, 0.25) is 0 Å². The van der Waals surface area contributed by atoms with Gasteiger partial charge in [-0.05, 0) is 25.2 Å². The third-order valence-corrected chi connectivity index (χ3v) is 5.90. The van der Waals surface area contributed by atoms with Crippen LogP contribution < -0.4 is 5.73 Å². The van der Waals surface area contributed by atoms with Gasteiger partial charge in [-0.15, -0.1) is 0 Å². The van der Waals surface area contributed by atoms with Gasteiger partial charge in [0.05, 0.1) is 18.2 Å². The maximum atomic E-state index is 6.09. The Hall–Kier alpha value is -1.49. The molecule has 0 unspecified atom stereocenters. The van der Waals surface area contributed by atoms with Crippen LogP contribution in [0.4, 0.5) is 5.69 Å². The number of pyridine rings is 1. The predicted octanol–water partition coefficient (Wildman–Crippen LogP) is 3.59. The fraction of sp³-hybridized carbons (Fsp3) is 0.500. The molecule has 2 aromatic heterocycles. The summed E-state index contributed by atoms with van der Waals surface area (Å²) < 4.78 is 2.58. The van der Waals surface area contributed by atoms with Gasteiger partial charge in [-0.3, -0.25) is 4.98 Å². The van der Waals surface area contributed by atoms with E-state index in [1.165, 1.54) is 32.1 Å². The van der Waals surface area contributed by atoms with Gasteiger partial charge < -0.3 is 10.3 Å². The molecule has 112 valence electrons. The SMILES string of the molecule is CSC1(Cn2cncc2-c2cnccc2N)CCCCC1. The van der Waals surface area contributed by atoms with Gasteiger partial charge in [0.25, 0.3) is 0 Å². The Labute approximate surface area is 130 Å². The van der Waals surface area contributed by atoms with Crippen LogP contribution in [0.1, 0.15) is 32.1 Å². The smallest absolute Gasteiger partial charge is 0.0951 e. The molecule has 2 aromatic rings. The van der Waals surface area contributed by atoms with E-state index >= 15 is 0 Å². The first-order valence-corrected chi connectivity index (χ1v) is 8.72. The molecule has 0 spiro atoms. The first-order chi connectivity index (χ1) is 10.2. The number of anilines is 1. The van der Waals surface area contributed by atoms with Crippen LogP contribution in [0, 0.1) is 0 Å². The monoisotopic (exact) mass is 302 g/mol. The fourth-order valence-electron chi connectivity index (χ4n) is 3.22. The number of hydrogen-bond donors (Lipinski definition) is 1. The zero-order valence-corrected chi connectivity index (χ0v) is 13.3. The summed E-state index contributed by atoms with van der Waals surface area (Å²) in [7, 11) is 0. The van der Waals surface area contributed by atoms with Crippen molar-refractivity contribution in [1.82, 2.24) is 14.5 Å². The zero-order chi connectivity index (χ0) is 14.7. The van der Waals surface area contributed by atoms with Crippen LogP contribution in [-0.4, -0.2) is 25.5 Å². The van der Waals surface area contributed by atoms with Gasteiger partial charge in [-0.2, -0.15) is 11.8 Å². The molecular weight excluding hydrogens is 280 g/mol. The number of nitrogen functional groups attached to an aromatic ring is 1. The molecule has 2 N–H and O–H groups in total. The molecule has 5 heteroatoms. The first kappa shape index (κ1) is 14.4. The Morgan fingerprint density at radius 1 is 1.24 bits per heavy atom. The number of nitrogens with two attached hydrogens (primary N) is 1. The maximum Gasteiger partial charge on any atom is 0.0951 e. The number of nitrogens with zero attached hydrogens (tertiary/aromatic N) is 3. The Kier molecular flexibility index (Phi) is 4.19. The number of hydrogen-bond acceptors (Lipinski definition) is 4. The molecule has 0 saturated heterocycles. The molecule has 0 atom stereocenters. The van der Waals surface area contributed by atoms with Crippen molar-refractivity contribution in [3.63, 3.8) is 0 Å². The average molecular weight is 302 g/mol. The van der Waals surface area contributed by atoms with E-state index in [0.29, 0.717) is 4.75 Å². The standard InChI is InChI=1S/C16H22N4S/c1-21-16(6-3-2-4-7-16)11-20-12-19-10-15(20)13-9-18-8-5-14(13)17/h5,8-10,12H,2-4,6-7,11H2,1H3,(H2,17,18). The molecule has 1 saturated carbocycles. The lowest BCUT2D eigenvalue weighted by Gasteiger charge is -2.36. The largest absolute Gasteiger partial charge is 0.398 e. The third-order valence-electron chi connectivity index (χ3n) is 4.50. The van der Waals surface area contributed by atoms with Gasteiger partial charge in [0, 0.05) is 34.9 Å². The van der Waals surface area contributed by atoms with E-state index in [9.17, 15) is 0 Å². The highest BCUT2D eigenvalue weighted by atomic mass is 32.2. The van der Waals surface area contributed by atoms with E-state index in [0.717, 1.165) is 23.5 Å². The van der Waals surface area contributed by atoms with Crippen molar-refractivity contribution < 1.29 is 0 Å².